The molecule has 1 aromatic carbocycles. The van der Waals surface area contributed by atoms with Gasteiger partial charge in [0.2, 0.25) is 5.91 Å². The summed E-state index contributed by atoms with van der Waals surface area (Å²) in [6.45, 7) is 3.81. The van der Waals surface area contributed by atoms with Gasteiger partial charge in [-0.25, -0.2) is 0 Å². The Hall–Kier alpha value is -1.39. The molecule has 0 aromatic heterocycles. The van der Waals surface area contributed by atoms with Crippen LogP contribution in [0, 0.1) is 6.92 Å². The van der Waals surface area contributed by atoms with Gasteiger partial charge in [-0.2, -0.15) is 0 Å². The Bertz CT molecular complexity index is 383. The second-order valence-corrected chi connectivity index (χ2v) is 4.72. The van der Waals surface area contributed by atoms with Crippen LogP contribution in [0.5, 0.6) is 0 Å². The molecular weight excluding hydrogens is 228 g/mol. The molecule has 0 bridgehead atoms. The topological polar surface area (TPSA) is 50.4 Å². The van der Waals surface area contributed by atoms with Crippen LogP contribution < -0.4 is 10.6 Å². The number of carbonyl (C=O) groups excluding carboxylic acids is 1. The lowest BCUT2D eigenvalue weighted by molar-refractivity contribution is -0.120. The molecule has 0 spiro atoms. The number of amides is 1. The van der Waals surface area contributed by atoms with Gasteiger partial charge >= 0.3 is 0 Å². The molecule has 1 aromatic rings. The number of hydrogen-bond donors (Lipinski definition) is 2. The fraction of sp³-hybridized carbons (Fsp3) is 0.500. The second-order valence-electron chi connectivity index (χ2n) is 4.72. The summed E-state index contributed by atoms with van der Waals surface area (Å²) in [6.07, 6.45) is 2.34. The summed E-state index contributed by atoms with van der Waals surface area (Å²) in [5.41, 5.74) is 1.99. The van der Waals surface area contributed by atoms with E-state index in [9.17, 15) is 4.79 Å². The van der Waals surface area contributed by atoms with Crippen LogP contribution in [-0.2, 0) is 9.53 Å². The van der Waals surface area contributed by atoms with E-state index in [0.29, 0.717) is 12.6 Å². The highest BCUT2D eigenvalue weighted by atomic mass is 16.5. The third kappa shape index (κ3) is 4.13. The number of benzene rings is 1. The third-order valence-corrected chi connectivity index (χ3v) is 3.05. The van der Waals surface area contributed by atoms with Crippen LogP contribution in [0.3, 0.4) is 0 Å². The Balaban J connectivity index is 1.66. The van der Waals surface area contributed by atoms with Gasteiger partial charge in [0.1, 0.15) is 6.61 Å². The van der Waals surface area contributed by atoms with Crippen molar-refractivity contribution in [1.29, 1.82) is 0 Å². The minimum atomic E-state index is -0.100. The Labute approximate surface area is 108 Å². The van der Waals surface area contributed by atoms with Crippen molar-refractivity contribution in [2.24, 2.45) is 0 Å². The van der Waals surface area contributed by atoms with Crippen molar-refractivity contribution in [2.45, 2.75) is 25.8 Å². The Morgan fingerprint density at radius 1 is 1.44 bits per heavy atom. The van der Waals surface area contributed by atoms with Gasteiger partial charge in [-0.1, -0.05) is 17.7 Å². The molecule has 0 radical (unpaired) electrons. The first-order valence-corrected chi connectivity index (χ1v) is 6.42. The lowest BCUT2D eigenvalue weighted by Crippen LogP contribution is -2.29. The van der Waals surface area contributed by atoms with Gasteiger partial charge in [0.15, 0.2) is 0 Å². The molecule has 1 fully saturated rings. The fourth-order valence-electron chi connectivity index (χ4n) is 2.03. The van der Waals surface area contributed by atoms with Crippen molar-refractivity contribution in [2.75, 3.05) is 25.1 Å². The summed E-state index contributed by atoms with van der Waals surface area (Å²) in [6, 6.07) is 8.15. The fourth-order valence-corrected chi connectivity index (χ4v) is 2.03. The predicted octanol–water partition coefficient (Wildman–Crippen LogP) is 1.70. The van der Waals surface area contributed by atoms with Gasteiger partial charge in [-0.05, 0) is 38.4 Å². The SMILES string of the molecule is Cc1ccc(NC(=O)COCC2CCCN2)cc1. The van der Waals surface area contributed by atoms with E-state index >= 15 is 0 Å². The molecule has 1 unspecified atom stereocenters. The summed E-state index contributed by atoms with van der Waals surface area (Å²) < 4.78 is 5.40. The van der Waals surface area contributed by atoms with Crippen LogP contribution in [0.1, 0.15) is 18.4 Å². The van der Waals surface area contributed by atoms with Crippen LogP contribution in [-0.4, -0.2) is 31.7 Å². The minimum Gasteiger partial charge on any atom is -0.370 e. The van der Waals surface area contributed by atoms with E-state index in [1.807, 2.05) is 31.2 Å². The highest BCUT2D eigenvalue weighted by molar-refractivity contribution is 5.91. The number of ether oxygens (including phenoxy) is 1. The summed E-state index contributed by atoms with van der Waals surface area (Å²) in [4.78, 5) is 11.6. The first-order chi connectivity index (χ1) is 8.74. The Kier molecular flexibility index (Phi) is 4.73. The average Bonchev–Trinajstić information content (AvgIpc) is 2.85. The molecule has 4 heteroatoms. The molecule has 1 saturated heterocycles. The van der Waals surface area contributed by atoms with Gasteiger partial charge in [0.25, 0.3) is 0 Å². The van der Waals surface area contributed by atoms with E-state index in [1.54, 1.807) is 0 Å². The number of rotatable bonds is 5. The van der Waals surface area contributed by atoms with E-state index in [1.165, 1.54) is 12.0 Å². The first-order valence-electron chi connectivity index (χ1n) is 6.42. The quantitative estimate of drug-likeness (QED) is 0.834. The zero-order valence-corrected chi connectivity index (χ0v) is 10.7. The van der Waals surface area contributed by atoms with Crippen LogP contribution in [0.2, 0.25) is 0 Å². The zero-order chi connectivity index (χ0) is 12.8. The molecule has 1 atom stereocenters. The van der Waals surface area contributed by atoms with Crippen molar-refractivity contribution >= 4 is 11.6 Å². The van der Waals surface area contributed by atoms with Crippen molar-refractivity contribution in [3.8, 4) is 0 Å². The van der Waals surface area contributed by atoms with Crippen LogP contribution in [0.15, 0.2) is 24.3 Å². The van der Waals surface area contributed by atoms with Gasteiger partial charge in [-0.15, -0.1) is 0 Å². The monoisotopic (exact) mass is 248 g/mol. The summed E-state index contributed by atoms with van der Waals surface area (Å²) in [5.74, 6) is -0.100. The first kappa shape index (κ1) is 13.1. The molecule has 1 heterocycles. The van der Waals surface area contributed by atoms with Crippen molar-refractivity contribution in [1.82, 2.24) is 5.32 Å². The number of anilines is 1. The predicted molar refractivity (Wildman–Crippen MR) is 71.7 cm³/mol. The molecule has 2 N–H and O–H groups in total. The number of carbonyl (C=O) groups is 1. The van der Waals surface area contributed by atoms with Crippen LogP contribution in [0.4, 0.5) is 5.69 Å². The standard InChI is InChI=1S/C14H20N2O2/c1-11-4-6-12(7-5-11)16-14(17)10-18-9-13-3-2-8-15-13/h4-7,13,15H,2-3,8-10H2,1H3,(H,16,17). The molecular formula is C14H20N2O2. The highest BCUT2D eigenvalue weighted by Crippen LogP contribution is 2.08. The smallest absolute Gasteiger partial charge is 0.250 e. The maximum Gasteiger partial charge on any atom is 0.250 e. The van der Waals surface area contributed by atoms with E-state index in [4.69, 9.17) is 4.74 Å². The molecule has 18 heavy (non-hydrogen) atoms. The normalized spacial score (nSPS) is 18.8. The molecule has 1 aliphatic heterocycles. The van der Waals surface area contributed by atoms with Crippen molar-refractivity contribution in [3.05, 3.63) is 29.8 Å². The zero-order valence-electron chi connectivity index (χ0n) is 10.7. The second kappa shape index (κ2) is 6.52. The van der Waals surface area contributed by atoms with Crippen molar-refractivity contribution < 1.29 is 9.53 Å². The number of nitrogens with one attached hydrogen (secondary N) is 2. The average molecular weight is 248 g/mol. The highest BCUT2D eigenvalue weighted by Gasteiger charge is 2.14. The van der Waals surface area contributed by atoms with Crippen LogP contribution in [0.25, 0.3) is 0 Å². The van der Waals surface area contributed by atoms with Gasteiger partial charge < -0.3 is 15.4 Å². The lowest BCUT2D eigenvalue weighted by atomic mass is 10.2. The molecule has 1 amide bonds. The maximum atomic E-state index is 11.6. The largest absolute Gasteiger partial charge is 0.370 e. The third-order valence-electron chi connectivity index (χ3n) is 3.05. The summed E-state index contributed by atoms with van der Waals surface area (Å²) in [5, 5.41) is 6.14. The van der Waals surface area contributed by atoms with E-state index < -0.39 is 0 Å². The van der Waals surface area contributed by atoms with Crippen LogP contribution >= 0.6 is 0 Å². The van der Waals surface area contributed by atoms with Gasteiger partial charge in [-0.3, -0.25) is 4.79 Å². The lowest BCUT2D eigenvalue weighted by Gasteiger charge is -2.11. The van der Waals surface area contributed by atoms with Gasteiger partial charge in [0.05, 0.1) is 6.61 Å². The maximum absolute atomic E-state index is 11.6. The summed E-state index contributed by atoms with van der Waals surface area (Å²) in [7, 11) is 0. The molecule has 4 nitrogen and oxygen atoms in total. The minimum absolute atomic E-state index is 0.100. The molecule has 2 rings (SSSR count). The molecule has 0 saturated carbocycles. The van der Waals surface area contributed by atoms with Gasteiger partial charge in [0, 0.05) is 11.7 Å². The van der Waals surface area contributed by atoms with E-state index in [2.05, 4.69) is 10.6 Å². The molecule has 1 aliphatic rings. The molecule has 98 valence electrons. The van der Waals surface area contributed by atoms with E-state index in [-0.39, 0.29) is 12.5 Å². The Morgan fingerprint density at radius 3 is 2.89 bits per heavy atom. The number of hydrogen-bond acceptors (Lipinski definition) is 3. The number of aryl methyl sites for hydroxylation is 1. The van der Waals surface area contributed by atoms with Crippen molar-refractivity contribution in [3.63, 3.8) is 0 Å². The molecule has 0 aliphatic carbocycles. The Morgan fingerprint density at radius 2 is 2.22 bits per heavy atom. The van der Waals surface area contributed by atoms with E-state index in [0.717, 1.165) is 18.7 Å². The summed E-state index contributed by atoms with van der Waals surface area (Å²) >= 11 is 0.